The van der Waals surface area contributed by atoms with Crippen molar-refractivity contribution in [2.75, 3.05) is 12.3 Å². The van der Waals surface area contributed by atoms with Crippen molar-refractivity contribution in [3.05, 3.63) is 48.2 Å². The summed E-state index contributed by atoms with van der Waals surface area (Å²) in [5, 5.41) is 4.47. The Kier molecular flexibility index (Phi) is 4.37. The number of nitrogens with zero attached hydrogens (tertiary/aromatic N) is 3. The Morgan fingerprint density at radius 3 is 2.79 bits per heavy atom. The summed E-state index contributed by atoms with van der Waals surface area (Å²) in [6.07, 6.45) is 5.83. The number of nitrogen functional groups attached to an aromatic ring is 1. The average molecular weight is 321 g/mol. The molecule has 3 rings (SSSR count). The summed E-state index contributed by atoms with van der Waals surface area (Å²) in [7, 11) is 0. The van der Waals surface area contributed by atoms with Crippen LogP contribution in [0.2, 0.25) is 0 Å². The van der Waals surface area contributed by atoms with Gasteiger partial charge in [-0.05, 0) is 18.9 Å². The Morgan fingerprint density at radius 2 is 2.04 bits per heavy atom. The minimum absolute atomic E-state index is 0.250. The van der Waals surface area contributed by atoms with Crippen molar-refractivity contribution in [2.24, 2.45) is 0 Å². The fraction of sp³-hybridized carbons (Fsp3) is 0.222. The third kappa shape index (κ3) is 2.78. The number of rotatable bonds is 4. The van der Waals surface area contributed by atoms with E-state index < -0.39 is 0 Å². The lowest BCUT2D eigenvalue weighted by Gasteiger charge is -2.12. The largest absolute Gasteiger partial charge is 0.396 e. The number of anilines is 1. The zero-order chi connectivity index (χ0) is 17.1. The minimum Gasteiger partial charge on any atom is -0.396 e. The molecule has 0 aliphatic rings. The maximum absolute atomic E-state index is 12.2. The Bertz CT molecular complexity index is 907. The van der Waals surface area contributed by atoms with Crippen molar-refractivity contribution >= 4 is 22.4 Å². The summed E-state index contributed by atoms with van der Waals surface area (Å²) in [5.41, 5.74) is 9.58. The number of hydrogen-bond acceptors (Lipinski definition) is 5. The van der Waals surface area contributed by atoms with Crippen LogP contribution in [0.4, 0.5) is 5.69 Å². The lowest BCUT2D eigenvalue weighted by atomic mass is 10.00. The van der Waals surface area contributed by atoms with E-state index in [4.69, 9.17) is 5.73 Å². The van der Waals surface area contributed by atoms with Crippen LogP contribution in [0.1, 0.15) is 29.4 Å². The maximum Gasteiger partial charge on any atom is 0.272 e. The third-order valence-electron chi connectivity index (χ3n) is 3.88. The van der Waals surface area contributed by atoms with E-state index >= 15 is 0 Å². The lowest BCUT2D eigenvalue weighted by molar-refractivity contribution is 0.0950. The number of nitrogens with one attached hydrogen (secondary N) is 1. The molecule has 3 aromatic rings. The van der Waals surface area contributed by atoms with E-state index in [1.54, 1.807) is 12.4 Å². The van der Waals surface area contributed by atoms with Crippen molar-refractivity contribution in [1.29, 1.82) is 0 Å². The monoisotopic (exact) mass is 321 g/mol. The Hall–Kier alpha value is -3.02. The molecule has 0 fully saturated rings. The summed E-state index contributed by atoms with van der Waals surface area (Å²) in [5.74, 6) is -0.250. The van der Waals surface area contributed by atoms with Gasteiger partial charge in [-0.25, -0.2) is 15.0 Å². The number of benzene rings is 1. The Morgan fingerprint density at radius 1 is 1.21 bits per heavy atom. The van der Waals surface area contributed by atoms with Gasteiger partial charge in [0.05, 0.1) is 11.4 Å². The van der Waals surface area contributed by atoms with Gasteiger partial charge in [0, 0.05) is 35.3 Å². The fourth-order valence-electron chi connectivity index (χ4n) is 2.66. The SMILES string of the molecule is CCCNC(=O)c1ncc2c(-c3ncncc3C)cccc2c1N. The van der Waals surface area contributed by atoms with E-state index in [1.807, 2.05) is 32.0 Å². The zero-order valence-corrected chi connectivity index (χ0v) is 13.7. The van der Waals surface area contributed by atoms with Gasteiger partial charge >= 0.3 is 0 Å². The number of hydrogen-bond donors (Lipinski definition) is 2. The van der Waals surface area contributed by atoms with Gasteiger partial charge in [-0.15, -0.1) is 0 Å². The first-order valence-electron chi connectivity index (χ1n) is 7.85. The highest BCUT2D eigenvalue weighted by Gasteiger charge is 2.16. The molecule has 1 amide bonds. The van der Waals surface area contributed by atoms with Crippen LogP contribution < -0.4 is 11.1 Å². The number of carbonyl (C=O) groups is 1. The van der Waals surface area contributed by atoms with Crippen LogP contribution >= 0.6 is 0 Å². The van der Waals surface area contributed by atoms with Crippen LogP contribution in [0.5, 0.6) is 0 Å². The van der Waals surface area contributed by atoms with Gasteiger partial charge in [-0.2, -0.15) is 0 Å². The fourth-order valence-corrected chi connectivity index (χ4v) is 2.66. The second-order valence-electron chi connectivity index (χ2n) is 5.60. The molecule has 24 heavy (non-hydrogen) atoms. The predicted octanol–water partition coefficient (Wildman–Crippen LogP) is 2.72. The van der Waals surface area contributed by atoms with E-state index in [0.717, 1.165) is 34.0 Å². The first-order chi connectivity index (χ1) is 11.6. The Balaban J connectivity index is 2.15. The van der Waals surface area contributed by atoms with E-state index in [0.29, 0.717) is 12.2 Å². The molecule has 0 spiro atoms. The first-order valence-corrected chi connectivity index (χ1v) is 7.85. The second kappa shape index (κ2) is 6.62. The van der Waals surface area contributed by atoms with E-state index in [9.17, 15) is 4.79 Å². The normalized spacial score (nSPS) is 10.8. The topological polar surface area (TPSA) is 93.8 Å². The standard InChI is InChI=1S/C18H19N5O/c1-3-7-21-18(24)17-15(19)12-5-4-6-13(14(12)9-22-17)16-11(2)8-20-10-23-16/h4-6,8-10H,3,7,19H2,1-2H3,(H,21,24). The van der Waals surface area contributed by atoms with Crippen LogP contribution in [0.3, 0.4) is 0 Å². The minimum atomic E-state index is -0.250. The molecule has 0 saturated heterocycles. The molecule has 2 aromatic heterocycles. The second-order valence-corrected chi connectivity index (χ2v) is 5.60. The van der Waals surface area contributed by atoms with E-state index in [2.05, 4.69) is 20.3 Å². The van der Waals surface area contributed by atoms with Gasteiger partial charge in [0.1, 0.15) is 6.33 Å². The molecule has 0 saturated carbocycles. The number of aryl methyl sites for hydroxylation is 1. The molecule has 0 unspecified atom stereocenters. The molecule has 6 nitrogen and oxygen atoms in total. The molecule has 1 aromatic carbocycles. The van der Waals surface area contributed by atoms with Crippen molar-refractivity contribution in [3.8, 4) is 11.3 Å². The van der Waals surface area contributed by atoms with Crippen LogP contribution in [0.25, 0.3) is 22.0 Å². The predicted molar refractivity (Wildman–Crippen MR) is 94.5 cm³/mol. The van der Waals surface area contributed by atoms with Crippen LogP contribution in [0, 0.1) is 6.92 Å². The summed E-state index contributed by atoms with van der Waals surface area (Å²) in [4.78, 5) is 24.9. The van der Waals surface area contributed by atoms with E-state index in [-0.39, 0.29) is 11.6 Å². The van der Waals surface area contributed by atoms with Gasteiger partial charge in [0.15, 0.2) is 5.69 Å². The highest BCUT2D eigenvalue weighted by atomic mass is 16.1. The number of amides is 1. The summed E-state index contributed by atoms with van der Waals surface area (Å²) in [6, 6.07) is 5.77. The molecule has 0 atom stereocenters. The van der Waals surface area contributed by atoms with Gasteiger partial charge in [-0.3, -0.25) is 4.79 Å². The van der Waals surface area contributed by atoms with Gasteiger partial charge < -0.3 is 11.1 Å². The number of aromatic nitrogens is 3. The zero-order valence-electron chi connectivity index (χ0n) is 13.7. The van der Waals surface area contributed by atoms with Gasteiger partial charge in [0.2, 0.25) is 0 Å². The molecule has 0 radical (unpaired) electrons. The van der Waals surface area contributed by atoms with Crippen LogP contribution in [-0.4, -0.2) is 27.4 Å². The van der Waals surface area contributed by atoms with Crippen LogP contribution in [-0.2, 0) is 0 Å². The Labute approximate surface area is 140 Å². The average Bonchev–Trinajstić information content (AvgIpc) is 2.60. The highest BCUT2D eigenvalue weighted by molar-refractivity contribution is 6.09. The van der Waals surface area contributed by atoms with Crippen molar-refractivity contribution in [3.63, 3.8) is 0 Å². The summed E-state index contributed by atoms with van der Waals surface area (Å²) >= 11 is 0. The molecule has 0 aliphatic carbocycles. The van der Waals surface area contributed by atoms with Crippen molar-refractivity contribution < 1.29 is 4.79 Å². The molecule has 6 heteroatoms. The molecular formula is C18H19N5O. The lowest BCUT2D eigenvalue weighted by Crippen LogP contribution is -2.26. The summed E-state index contributed by atoms with van der Waals surface area (Å²) in [6.45, 7) is 4.55. The highest BCUT2D eigenvalue weighted by Crippen LogP contribution is 2.32. The first kappa shape index (κ1) is 15.9. The smallest absolute Gasteiger partial charge is 0.272 e. The molecule has 2 heterocycles. The molecule has 122 valence electrons. The van der Waals surface area contributed by atoms with Crippen molar-refractivity contribution in [1.82, 2.24) is 20.3 Å². The van der Waals surface area contributed by atoms with Gasteiger partial charge in [-0.1, -0.05) is 25.1 Å². The molecule has 0 aliphatic heterocycles. The number of fused-ring (bicyclic) bond motifs is 1. The van der Waals surface area contributed by atoms with Crippen molar-refractivity contribution in [2.45, 2.75) is 20.3 Å². The molecule has 3 N–H and O–H groups in total. The van der Waals surface area contributed by atoms with E-state index in [1.165, 1.54) is 6.33 Å². The molecule has 0 bridgehead atoms. The number of carbonyl (C=O) groups excluding carboxylic acids is 1. The third-order valence-corrected chi connectivity index (χ3v) is 3.88. The maximum atomic E-state index is 12.2. The van der Waals surface area contributed by atoms with Gasteiger partial charge in [0.25, 0.3) is 5.91 Å². The number of nitrogens with two attached hydrogens (primary N) is 1. The van der Waals surface area contributed by atoms with Crippen LogP contribution in [0.15, 0.2) is 36.9 Å². The quantitative estimate of drug-likeness (QED) is 0.770. The summed E-state index contributed by atoms with van der Waals surface area (Å²) < 4.78 is 0. The number of pyridine rings is 1. The molecular weight excluding hydrogens is 302 g/mol.